The second kappa shape index (κ2) is 8.72. The highest BCUT2D eigenvalue weighted by atomic mass is 16.2. The first-order valence-corrected chi connectivity index (χ1v) is 8.41. The van der Waals surface area contributed by atoms with Gasteiger partial charge in [0.15, 0.2) is 0 Å². The second-order valence-electron chi connectivity index (χ2n) is 6.58. The molecule has 2 N–H and O–H groups in total. The molecule has 2 amide bonds. The third kappa shape index (κ3) is 6.06. The van der Waals surface area contributed by atoms with Crippen molar-refractivity contribution in [2.45, 2.75) is 26.3 Å². The Hall–Kier alpha value is -1.82. The van der Waals surface area contributed by atoms with Crippen LogP contribution in [0.2, 0.25) is 0 Å². The molecule has 0 bridgehead atoms. The summed E-state index contributed by atoms with van der Waals surface area (Å²) in [5.74, 6) is 1.68. The van der Waals surface area contributed by atoms with Crippen LogP contribution in [0.15, 0.2) is 18.3 Å². The molecular formula is C17H29N5O. The Morgan fingerprint density at radius 2 is 2.22 bits per heavy atom. The van der Waals surface area contributed by atoms with E-state index in [0.29, 0.717) is 13.1 Å². The van der Waals surface area contributed by atoms with Crippen molar-refractivity contribution in [1.29, 1.82) is 0 Å². The zero-order chi connectivity index (χ0) is 16.7. The number of urea groups is 1. The first-order valence-electron chi connectivity index (χ1n) is 8.41. The monoisotopic (exact) mass is 319 g/mol. The molecule has 0 saturated carbocycles. The van der Waals surface area contributed by atoms with Crippen LogP contribution in [-0.4, -0.2) is 56.2 Å². The van der Waals surface area contributed by atoms with Crippen LogP contribution in [0.5, 0.6) is 0 Å². The van der Waals surface area contributed by atoms with Crippen molar-refractivity contribution in [2.75, 3.05) is 45.2 Å². The SMILES string of the molecule is C[C@H]1CCCN(CCNC(=O)NCc2ccc(N(C)C)nc2)C1. The predicted octanol–water partition coefficient (Wildman–Crippen LogP) is 1.68. The van der Waals surface area contributed by atoms with Crippen LogP contribution in [-0.2, 0) is 6.54 Å². The number of carbonyl (C=O) groups is 1. The normalized spacial score (nSPS) is 18.5. The number of nitrogens with one attached hydrogen (secondary N) is 2. The van der Waals surface area contributed by atoms with Crippen molar-refractivity contribution >= 4 is 11.8 Å². The minimum atomic E-state index is -0.119. The van der Waals surface area contributed by atoms with Gasteiger partial charge in [-0.2, -0.15) is 0 Å². The lowest BCUT2D eigenvalue weighted by atomic mass is 10.0. The fourth-order valence-corrected chi connectivity index (χ4v) is 2.85. The van der Waals surface area contributed by atoms with Crippen molar-refractivity contribution < 1.29 is 4.79 Å². The minimum Gasteiger partial charge on any atom is -0.363 e. The van der Waals surface area contributed by atoms with Crippen LogP contribution in [0, 0.1) is 5.92 Å². The molecule has 1 atom stereocenters. The molecule has 1 aromatic rings. The zero-order valence-corrected chi connectivity index (χ0v) is 14.5. The average Bonchev–Trinajstić information content (AvgIpc) is 2.53. The number of anilines is 1. The molecule has 23 heavy (non-hydrogen) atoms. The lowest BCUT2D eigenvalue weighted by molar-refractivity contribution is 0.184. The Morgan fingerprint density at radius 1 is 1.39 bits per heavy atom. The van der Waals surface area contributed by atoms with Crippen molar-refractivity contribution in [3.63, 3.8) is 0 Å². The van der Waals surface area contributed by atoms with Crippen LogP contribution in [0.1, 0.15) is 25.3 Å². The number of piperidine rings is 1. The fourth-order valence-electron chi connectivity index (χ4n) is 2.85. The summed E-state index contributed by atoms with van der Waals surface area (Å²) >= 11 is 0. The number of nitrogens with zero attached hydrogens (tertiary/aromatic N) is 3. The van der Waals surface area contributed by atoms with Gasteiger partial charge in [-0.3, -0.25) is 0 Å². The van der Waals surface area contributed by atoms with Gasteiger partial charge in [0, 0.05) is 46.5 Å². The van der Waals surface area contributed by atoms with Crippen molar-refractivity contribution in [1.82, 2.24) is 20.5 Å². The van der Waals surface area contributed by atoms with E-state index in [1.807, 2.05) is 31.1 Å². The van der Waals surface area contributed by atoms with Gasteiger partial charge in [0.25, 0.3) is 0 Å². The number of rotatable bonds is 6. The van der Waals surface area contributed by atoms with E-state index in [2.05, 4.69) is 27.4 Å². The standard InChI is InChI=1S/C17H29N5O/c1-14-5-4-9-22(13-14)10-8-18-17(23)20-12-15-6-7-16(19-11-15)21(2)3/h6-7,11,14H,4-5,8-10,12-13H2,1-3H3,(H2,18,20,23)/t14-/m0/s1. The van der Waals surface area contributed by atoms with Gasteiger partial charge >= 0.3 is 6.03 Å². The van der Waals surface area contributed by atoms with Crippen LogP contribution in [0.25, 0.3) is 0 Å². The summed E-state index contributed by atoms with van der Waals surface area (Å²) in [7, 11) is 3.91. The molecule has 2 heterocycles. The number of likely N-dealkylation sites (tertiary alicyclic amines) is 1. The van der Waals surface area contributed by atoms with Gasteiger partial charge in [-0.1, -0.05) is 13.0 Å². The molecule has 1 fully saturated rings. The smallest absolute Gasteiger partial charge is 0.315 e. The summed E-state index contributed by atoms with van der Waals surface area (Å²) in [6.07, 6.45) is 4.39. The quantitative estimate of drug-likeness (QED) is 0.837. The number of carbonyl (C=O) groups excluding carboxylic acids is 1. The van der Waals surface area contributed by atoms with Gasteiger partial charge in [0.05, 0.1) is 0 Å². The Bertz CT molecular complexity index is 488. The van der Waals surface area contributed by atoms with Gasteiger partial charge in [0.1, 0.15) is 5.82 Å². The van der Waals surface area contributed by atoms with Crippen molar-refractivity contribution in [3.8, 4) is 0 Å². The molecule has 0 unspecified atom stereocenters. The molecule has 6 nitrogen and oxygen atoms in total. The van der Waals surface area contributed by atoms with E-state index in [1.165, 1.54) is 12.8 Å². The molecule has 1 aliphatic rings. The Morgan fingerprint density at radius 3 is 2.87 bits per heavy atom. The highest BCUT2D eigenvalue weighted by Crippen LogP contribution is 2.14. The highest BCUT2D eigenvalue weighted by molar-refractivity contribution is 5.73. The molecular weight excluding hydrogens is 290 g/mol. The molecule has 1 saturated heterocycles. The third-order valence-electron chi connectivity index (χ3n) is 4.18. The molecule has 1 aromatic heterocycles. The summed E-state index contributed by atoms with van der Waals surface area (Å²) in [5, 5.41) is 5.80. The number of amides is 2. The maximum atomic E-state index is 11.8. The van der Waals surface area contributed by atoms with Crippen molar-refractivity contribution in [2.24, 2.45) is 5.92 Å². The van der Waals surface area contributed by atoms with E-state index >= 15 is 0 Å². The molecule has 0 aromatic carbocycles. The molecule has 6 heteroatoms. The molecule has 0 radical (unpaired) electrons. The third-order valence-corrected chi connectivity index (χ3v) is 4.18. The van der Waals surface area contributed by atoms with Crippen LogP contribution in [0.4, 0.5) is 10.6 Å². The maximum Gasteiger partial charge on any atom is 0.315 e. The summed E-state index contributed by atoms with van der Waals surface area (Å²) < 4.78 is 0. The van der Waals surface area contributed by atoms with Crippen molar-refractivity contribution in [3.05, 3.63) is 23.9 Å². The lowest BCUT2D eigenvalue weighted by Gasteiger charge is -2.30. The van der Waals surface area contributed by atoms with E-state index in [-0.39, 0.29) is 6.03 Å². The average molecular weight is 319 g/mol. The number of hydrogen-bond donors (Lipinski definition) is 2. The zero-order valence-electron chi connectivity index (χ0n) is 14.5. The highest BCUT2D eigenvalue weighted by Gasteiger charge is 2.15. The molecule has 0 aliphatic carbocycles. The molecule has 128 valence electrons. The van der Waals surface area contributed by atoms with E-state index in [9.17, 15) is 4.79 Å². The molecule has 1 aliphatic heterocycles. The Labute approximate surface area is 139 Å². The predicted molar refractivity (Wildman–Crippen MR) is 93.6 cm³/mol. The summed E-state index contributed by atoms with van der Waals surface area (Å²) in [6.45, 7) is 6.70. The molecule has 0 spiro atoms. The largest absolute Gasteiger partial charge is 0.363 e. The van der Waals surface area contributed by atoms with Crippen LogP contribution >= 0.6 is 0 Å². The van der Waals surface area contributed by atoms with E-state index < -0.39 is 0 Å². The van der Waals surface area contributed by atoms with Crippen LogP contribution < -0.4 is 15.5 Å². The topological polar surface area (TPSA) is 60.5 Å². The first kappa shape index (κ1) is 17.5. The van der Waals surface area contributed by atoms with E-state index in [4.69, 9.17) is 0 Å². The summed E-state index contributed by atoms with van der Waals surface area (Å²) in [6, 6.07) is 3.82. The number of hydrogen-bond acceptors (Lipinski definition) is 4. The Balaban J connectivity index is 1.63. The van der Waals surface area contributed by atoms with Gasteiger partial charge in [0.2, 0.25) is 0 Å². The van der Waals surface area contributed by atoms with Gasteiger partial charge in [-0.15, -0.1) is 0 Å². The Kier molecular flexibility index (Phi) is 6.65. The lowest BCUT2D eigenvalue weighted by Crippen LogP contribution is -2.42. The molecule has 2 rings (SSSR count). The van der Waals surface area contributed by atoms with Crippen LogP contribution in [0.3, 0.4) is 0 Å². The first-order chi connectivity index (χ1) is 11.0. The van der Waals surface area contributed by atoms with Gasteiger partial charge < -0.3 is 20.4 Å². The number of pyridine rings is 1. The fraction of sp³-hybridized carbons (Fsp3) is 0.647. The number of aromatic nitrogens is 1. The van der Waals surface area contributed by atoms with E-state index in [0.717, 1.165) is 36.9 Å². The van der Waals surface area contributed by atoms with Gasteiger partial charge in [-0.25, -0.2) is 9.78 Å². The maximum absolute atomic E-state index is 11.8. The summed E-state index contributed by atoms with van der Waals surface area (Å²) in [5.41, 5.74) is 0.996. The minimum absolute atomic E-state index is 0.119. The van der Waals surface area contributed by atoms with Gasteiger partial charge in [-0.05, 0) is 36.9 Å². The van der Waals surface area contributed by atoms with E-state index in [1.54, 1.807) is 6.20 Å². The summed E-state index contributed by atoms with van der Waals surface area (Å²) in [4.78, 5) is 20.5. The second-order valence-corrected chi connectivity index (χ2v) is 6.58.